The zero-order valence-electron chi connectivity index (χ0n) is 14.2. The number of carboxylic acids is 1. The van der Waals surface area contributed by atoms with Gasteiger partial charge in [0.05, 0.1) is 17.4 Å². The number of aromatic amines is 1. The summed E-state index contributed by atoms with van der Waals surface area (Å²) in [5.74, 6) is -0.960. The number of carbonyl (C=O) groups is 1. The molecule has 5 nitrogen and oxygen atoms in total. The first-order chi connectivity index (χ1) is 12.6. The van der Waals surface area contributed by atoms with Crippen molar-refractivity contribution in [1.29, 1.82) is 0 Å². The summed E-state index contributed by atoms with van der Waals surface area (Å²) < 4.78 is 0. The molecule has 4 aromatic rings. The highest BCUT2D eigenvalue weighted by Gasteiger charge is 2.16. The molecule has 1 heterocycles. The van der Waals surface area contributed by atoms with Crippen LogP contribution in [0.1, 0.15) is 10.4 Å². The van der Waals surface area contributed by atoms with Gasteiger partial charge in [0.15, 0.2) is 0 Å². The van der Waals surface area contributed by atoms with Gasteiger partial charge < -0.3 is 10.0 Å². The predicted molar refractivity (Wildman–Crippen MR) is 103 cm³/mol. The van der Waals surface area contributed by atoms with Gasteiger partial charge >= 0.3 is 5.97 Å². The molecule has 0 aliphatic heterocycles. The molecule has 0 atom stereocenters. The van der Waals surface area contributed by atoms with E-state index in [-0.39, 0.29) is 5.56 Å². The summed E-state index contributed by atoms with van der Waals surface area (Å²) in [6.07, 6.45) is 3.42. The van der Waals surface area contributed by atoms with Crippen molar-refractivity contribution in [3.05, 3.63) is 78.6 Å². The van der Waals surface area contributed by atoms with Gasteiger partial charge in [0, 0.05) is 24.5 Å². The molecule has 0 aliphatic carbocycles. The fourth-order valence-corrected chi connectivity index (χ4v) is 3.11. The highest BCUT2D eigenvalue weighted by atomic mass is 16.4. The summed E-state index contributed by atoms with van der Waals surface area (Å²) in [6.45, 7) is 0. The van der Waals surface area contributed by atoms with Crippen molar-refractivity contribution in [3.63, 3.8) is 0 Å². The largest absolute Gasteiger partial charge is 0.478 e. The van der Waals surface area contributed by atoms with Crippen molar-refractivity contribution in [2.75, 3.05) is 11.9 Å². The lowest BCUT2D eigenvalue weighted by Gasteiger charge is -2.22. The summed E-state index contributed by atoms with van der Waals surface area (Å²) in [5.41, 5.74) is 3.49. The summed E-state index contributed by atoms with van der Waals surface area (Å²) in [5, 5.41) is 18.6. The number of hydrogen-bond acceptors (Lipinski definition) is 3. The Morgan fingerprint density at radius 1 is 1.00 bits per heavy atom. The van der Waals surface area contributed by atoms with Crippen LogP contribution >= 0.6 is 0 Å². The quantitative estimate of drug-likeness (QED) is 0.564. The van der Waals surface area contributed by atoms with Crippen molar-refractivity contribution < 1.29 is 9.90 Å². The molecular weight excluding hydrogens is 326 g/mol. The lowest BCUT2D eigenvalue weighted by atomic mass is 10.0. The Kier molecular flexibility index (Phi) is 3.89. The summed E-state index contributed by atoms with van der Waals surface area (Å²) in [4.78, 5) is 13.7. The normalized spacial score (nSPS) is 10.8. The standard InChI is InChI=1S/C21H17N3O2/c1-24(18-8-6-14-4-2-3-5-15(14)10-18)20-9-7-16(11-19(20)21(25)26)17-12-22-23-13-17/h2-13H,1H3,(H,22,23)(H,25,26). The molecule has 1 aromatic heterocycles. The highest BCUT2D eigenvalue weighted by molar-refractivity contribution is 5.98. The topological polar surface area (TPSA) is 69.2 Å². The molecule has 3 aromatic carbocycles. The van der Waals surface area contributed by atoms with Crippen LogP contribution in [0.2, 0.25) is 0 Å². The molecule has 0 bridgehead atoms. The van der Waals surface area contributed by atoms with E-state index in [4.69, 9.17) is 0 Å². The van der Waals surface area contributed by atoms with Gasteiger partial charge in [-0.2, -0.15) is 5.10 Å². The minimum atomic E-state index is -0.960. The number of nitrogens with one attached hydrogen (secondary N) is 1. The van der Waals surface area contributed by atoms with Gasteiger partial charge in [-0.3, -0.25) is 5.10 Å². The van der Waals surface area contributed by atoms with E-state index in [0.29, 0.717) is 5.69 Å². The number of hydrogen-bond donors (Lipinski definition) is 2. The zero-order valence-corrected chi connectivity index (χ0v) is 14.2. The number of nitrogens with zero attached hydrogens (tertiary/aromatic N) is 2. The average Bonchev–Trinajstić information content (AvgIpc) is 3.21. The fourth-order valence-electron chi connectivity index (χ4n) is 3.11. The fraction of sp³-hybridized carbons (Fsp3) is 0.0476. The second kappa shape index (κ2) is 6.37. The van der Waals surface area contributed by atoms with Crippen LogP contribution < -0.4 is 4.90 Å². The SMILES string of the molecule is CN(c1ccc2ccccc2c1)c1ccc(-c2cn[nH]c2)cc1C(=O)O. The van der Waals surface area contributed by atoms with Gasteiger partial charge in [-0.15, -0.1) is 0 Å². The zero-order chi connectivity index (χ0) is 18.1. The van der Waals surface area contributed by atoms with E-state index >= 15 is 0 Å². The van der Waals surface area contributed by atoms with Crippen LogP contribution in [0.15, 0.2) is 73.1 Å². The minimum absolute atomic E-state index is 0.249. The van der Waals surface area contributed by atoms with Gasteiger partial charge in [0.2, 0.25) is 0 Å². The van der Waals surface area contributed by atoms with Crippen LogP contribution in [-0.2, 0) is 0 Å². The van der Waals surface area contributed by atoms with Crippen molar-refractivity contribution >= 4 is 28.1 Å². The van der Waals surface area contributed by atoms with E-state index in [1.54, 1.807) is 18.5 Å². The first kappa shape index (κ1) is 15.9. The maximum Gasteiger partial charge on any atom is 0.337 e. The third kappa shape index (κ3) is 2.80. The van der Waals surface area contributed by atoms with Crippen LogP contribution in [0.5, 0.6) is 0 Å². The average molecular weight is 343 g/mol. The van der Waals surface area contributed by atoms with Crippen LogP contribution in [0.4, 0.5) is 11.4 Å². The lowest BCUT2D eigenvalue weighted by Crippen LogP contribution is -2.14. The molecule has 0 amide bonds. The van der Waals surface area contributed by atoms with Crippen LogP contribution in [0.25, 0.3) is 21.9 Å². The molecule has 0 aliphatic rings. The van der Waals surface area contributed by atoms with Crippen LogP contribution in [0, 0.1) is 0 Å². The molecule has 0 fully saturated rings. The smallest absolute Gasteiger partial charge is 0.337 e. The molecule has 0 saturated heterocycles. The van der Waals surface area contributed by atoms with Gasteiger partial charge in [-0.25, -0.2) is 4.79 Å². The number of rotatable bonds is 4. The van der Waals surface area contributed by atoms with Gasteiger partial charge in [-0.05, 0) is 40.6 Å². The molecular formula is C21H17N3O2. The van der Waals surface area contributed by atoms with Crippen LogP contribution in [-0.4, -0.2) is 28.3 Å². The van der Waals surface area contributed by atoms with E-state index in [0.717, 1.165) is 27.6 Å². The number of carboxylic acid groups (broad SMARTS) is 1. The van der Waals surface area contributed by atoms with E-state index in [1.807, 2.05) is 54.4 Å². The number of aromatic carboxylic acids is 1. The number of aromatic nitrogens is 2. The maximum atomic E-state index is 11.8. The molecule has 0 spiro atoms. The predicted octanol–water partition coefficient (Wildman–Crippen LogP) is 4.70. The van der Waals surface area contributed by atoms with Crippen molar-refractivity contribution in [2.24, 2.45) is 0 Å². The van der Waals surface area contributed by atoms with Gasteiger partial charge in [-0.1, -0.05) is 36.4 Å². The number of benzene rings is 3. The Morgan fingerprint density at radius 3 is 2.54 bits per heavy atom. The molecule has 128 valence electrons. The van der Waals surface area contributed by atoms with Crippen molar-refractivity contribution in [1.82, 2.24) is 10.2 Å². The van der Waals surface area contributed by atoms with Crippen molar-refractivity contribution in [3.8, 4) is 11.1 Å². The molecule has 0 unspecified atom stereocenters. The molecule has 0 saturated carbocycles. The second-order valence-corrected chi connectivity index (χ2v) is 6.11. The van der Waals surface area contributed by atoms with Gasteiger partial charge in [0.1, 0.15) is 0 Å². The maximum absolute atomic E-state index is 11.8. The lowest BCUT2D eigenvalue weighted by molar-refractivity contribution is 0.0697. The number of anilines is 2. The van der Waals surface area contributed by atoms with E-state index in [2.05, 4.69) is 22.3 Å². The Hall–Kier alpha value is -3.60. The Balaban J connectivity index is 1.78. The Morgan fingerprint density at radius 2 is 1.81 bits per heavy atom. The molecule has 5 heteroatoms. The molecule has 4 rings (SSSR count). The monoisotopic (exact) mass is 343 g/mol. The van der Waals surface area contributed by atoms with E-state index in [9.17, 15) is 9.90 Å². The Labute approximate surface area is 150 Å². The minimum Gasteiger partial charge on any atom is -0.478 e. The summed E-state index contributed by atoms with van der Waals surface area (Å²) in [7, 11) is 1.88. The second-order valence-electron chi connectivity index (χ2n) is 6.11. The highest BCUT2D eigenvalue weighted by Crippen LogP contribution is 2.32. The van der Waals surface area contributed by atoms with Gasteiger partial charge in [0.25, 0.3) is 0 Å². The molecule has 0 radical (unpaired) electrons. The van der Waals surface area contributed by atoms with Crippen molar-refractivity contribution in [2.45, 2.75) is 0 Å². The van der Waals surface area contributed by atoms with E-state index < -0.39 is 5.97 Å². The number of H-pyrrole nitrogens is 1. The third-order valence-electron chi connectivity index (χ3n) is 4.54. The first-order valence-electron chi connectivity index (χ1n) is 8.22. The molecule has 2 N–H and O–H groups in total. The van der Waals surface area contributed by atoms with Crippen LogP contribution in [0.3, 0.4) is 0 Å². The Bertz CT molecular complexity index is 1090. The summed E-state index contributed by atoms with van der Waals surface area (Å²) in [6, 6.07) is 19.6. The first-order valence-corrected chi connectivity index (χ1v) is 8.22. The molecule has 26 heavy (non-hydrogen) atoms. The van der Waals surface area contributed by atoms with E-state index in [1.165, 1.54) is 0 Å². The number of fused-ring (bicyclic) bond motifs is 1. The summed E-state index contributed by atoms with van der Waals surface area (Å²) >= 11 is 0. The third-order valence-corrected chi connectivity index (χ3v) is 4.54.